The van der Waals surface area contributed by atoms with E-state index in [1.54, 1.807) is 54.3 Å². The summed E-state index contributed by atoms with van der Waals surface area (Å²) >= 11 is 0. The number of carbonyl (C=O) groups is 1. The zero-order valence-electron chi connectivity index (χ0n) is 19.2. The molecule has 0 spiro atoms. The summed E-state index contributed by atoms with van der Waals surface area (Å²) in [5.74, 6) is -0.639. The number of aromatic nitrogens is 2. The minimum absolute atomic E-state index is 0.184. The highest BCUT2D eigenvalue weighted by molar-refractivity contribution is 7.89. The van der Waals surface area contributed by atoms with Crippen molar-refractivity contribution >= 4 is 27.0 Å². The van der Waals surface area contributed by atoms with E-state index in [0.29, 0.717) is 27.9 Å². The highest BCUT2D eigenvalue weighted by Crippen LogP contribution is 2.29. The Kier molecular flexibility index (Phi) is 5.86. The average Bonchev–Trinajstić information content (AvgIpc) is 3.24. The number of pyridine rings is 1. The first-order valence-corrected chi connectivity index (χ1v) is 12.6. The van der Waals surface area contributed by atoms with Crippen LogP contribution in [0, 0.1) is 19.7 Å². The van der Waals surface area contributed by atoms with Crippen molar-refractivity contribution in [3.63, 3.8) is 0 Å². The molecule has 0 atom stereocenters. The highest BCUT2D eigenvalue weighted by atomic mass is 32.2. The summed E-state index contributed by atoms with van der Waals surface area (Å²) < 4.78 is 46.2. The number of amides is 1. The van der Waals surface area contributed by atoms with Gasteiger partial charge in [0, 0.05) is 31.7 Å². The molecule has 10 heteroatoms. The quantitative estimate of drug-likeness (QED) is 0.428. The van der Waals surface area contributed by atoms with Crippen LogP contribution in [0.15, 0.2) is 64.0 Å². The number of hydrogen-bond donors (Lipinski definition) is 0. The van der Waals surface area contributed by atoms with Gasteiger partial charge < -0.3 is 9.42 Å². The van der Waals surface area contributed by atoms with Gasteiger partial charge in [-0.05, 0) is 56.3 Å². The number of benzene rings is 2. The maximum Gasteiger partial charge on any atom is 0.259 e. The van der Waals surface area contributed by atoms with Crippen LogP contribution in [-0.2, 0) is 10.0 Å². The Bertz CT molecular complexity index is 1510. The number of rotatable bonds is 4. The third-order valence-corrected chi connectivity index (χ3v) is 8.08. The number of halogens is 1. The van der Waals surface area contributed by atoms with E-state index >= 15 is 0 Å². The van der Waals surface area contributed by atoms with Crippen LogP contribution >= 0.6 is 0 Å². The average molecular weight is 495 g/mol. The van der Waals surface area contributed by atoms with Crippen LogP contribution in [0.1, 0.15) is 21.6 Å². The predicted molar refractivity (Wildman–Crippen MR) is 128 cm³/mol. The number of carbonyl (C=O) groups excluding carboxylic acids is 1. The van der Waals surface area contributed by atoms with Gasteiger partial charge in [-0.15, -0.1) is 0 Å². The summed E-state index contributed by atoms with van der Waals surface area (Å²) in [7, 11) is -3.64. The fourth-order valence-corrected chi connectivity index (χ4v) is 5.62. The molecule has 35 heavy (non-hydrogen) atoms. The van der Waals surface area contributed by atoms with Gasteiger partial charge in [0.2, 0.25) is 10.0 Å². The molecule has 0 N–H and O–H groups in total. The van der Waals surface area contributed by atoms with Crippen molar-refractivity contribution in [2.75, 3.05) is 26.2 Å². The van der Waals surface area contributed by atoms with Crippen LogP contribution in [0.3, 0.4) is 0 Å². The lowest BCUT2D eigenvalue weighted by Gasteiger charge is -2.34. The lowest BCUT2D eigenvalue weighted by molar-refractivity contribution is 0.0699. The van der Waals surface area contributed by atoms with E-state index in [9.17, 15) is 17.6 Å². The van der Waals surface area contributed by atoms with Gasteiger partial charge in [0.1, 0.15) is 5.82 Å². The molecule has 1 amide bonds. The topological polar surface area (TPSA) is 96.6 Å². The Morgan fingerprint density at radius 3 is 2.29 bits per heavy atom. The molecule has 1 aliphatic heterocycles. The van der Waals surface area contributed by atoms with Crippen LogP contribution in [0.5, 0.6) is 0 Å². The lowest BCUT2D eigenvalue weighted by atomic mass is 10.0. The van der Waals surface area contributed by atoms with E-state index in [2.05, 4.69) is 10.1 Å². The molecule has 0 radical (unpaired) electrons. The number of nitrogens with zero attached hydrogens (tertiary/aromatic N) is 4. The third-order valence-electron chi connectivity index (χ3n) is 6.17. The first-order chi connectivity index (χ1) is 16.7. The second kappa shape index (κ2) is 8.86. The number of hydrogen-bond acceptors (Lipinski definition) is 6. The van der Waals surface area contributed by atoms with Crippen LogP contribution in [0.2, 0.25) is 0 Å². The van der Waals surface area contributed by atoms with E-state index < -0.39 is 10.0 Å². The second-order valence-electron chi connectivity index (χ2n) is 8.52. The standard InChI is InChI=1S/C25H23FN4O4S/c1-16-3-9-20(10-4-16)35(32,33)30-13-11-29(12-14-30)25(31)21-15-22(18-5-7-19(26)8-6-18)27-24-23(21)17(2)28-34-24/h3-10,15H,11-14H2,1-2H3. The summed E-state index contributed by atoms with van der Waals surface area (Å²) in [6, 6.07) is 14.2. The molecule has 0 aliphatic carbocycles. The SMILES string of the molecule is Cc1ccc(S(=O)(=O)N2CCN(C(=O)c3cc(-c4ccc(F)cc4)nc4onc(C)c34)CC2)cc1. The normalized spacial score (nSPS) is 15.0. The summed E-state index contributed by atoms with van der Waals surface area (Å²) in [5, 5.41) is 4.47. The molecule has 2 aromatic carbocycles. The fraction of sp³-hybridized carbons (Fsp3) is 0.240. The molecule has 2 aromatic heterocycles. The minimum atomic E-state index is -3.64. The van der Waals surface area contributed by atoms with Gasteiger partial charge in [0.15, 0.2) is 0 Å². The van der Waals surface area contributed by atoms with Gasteiger partial charge in [-0.25, -0.2) is 17.8 Å². The van der Waals surface area contributed by atoms with E-state index in [0.717, 1.165) is 5.56 Å². The van der Waals surface area contributed by atoms with Gasteiger partial charge in [-0.1, -0.05) is 22.9 Å². The molecule has 0 bridgehead atoms. The Labute approximate surface area is 202 Å². The molecule has 0 saturated carbocycles. The first-order valence-electron chi connectivity index (χ1n) is 11.1. The van der Waals surface area contributed by atoms with Crippen LogP contribution in [0.25, 0.3) is 22.4 Å². The molecule has 5 rings (SSSR count). The summed E-state index contributed by atoms with van der Waals surface area (Å²) in [4.78, 5) is 19.9. The van der Waals surface area contributed by atoms with Gasteiger partial charge in [-0.2, -0.15) is 4.31 Å². The monoisotopic (exact) mass is 494 g/mol. The fourth-order valence-electron chi connectivity index (χ4n) is 4.19. The lowest BCUT2D eigenvalue weighted by Crippen LogP contribution is -2.50. The summed E-state index contributed by atoms with van der Waals surface area (Å²) in [5.41, 5.74) is 3.17. The minimum Gasteiger partial charge on any atom is -0.336 e. The zero-order valence-corrected chi connectivity index (χ0v) is 20.0. The Balaban J connectivity index is 1.41. The maximum absolute atomic E-state index is 13.6. The Morgan fingerprint density at radius 1 is 0.971 bits per heavy atom. The second-order valence-corrected chi connectivity index (χ2v) is 10.5. The number of sulfonamides is 1. The Morgan fingerprint density at radius 2 is 1.63 bits per heavy atom. The molecule has 0 unspecified atom stereocenters. The van der Waals surface area contributed by atoms with Crippen molar-refractivity contribution in [3.8, 4) is 11.3 Å². The third kappa shape index (κ3) is 4.30. The van der Waals surface area contributed by atoms with Gasteiger partial charge >= 0.3 is 0 Å². The molecule has 180 valence electrons. The van der Waals surface area contributed by atoms with Crippen molar-refractivity contribution < 1.29 is 22.1 Å². The van der Waals surface area contributed by atoms with Crippen LogP contribution in [0.4, 0.5) is 4.39 Å². The molecule has 1 fully saturated rings. The molecule has 1 saturated heterocycles. The smallest absolute Gasteiger partial charge is 0.259 e. The predicted octanol–water partition coefficient (Wildman–Crippen LogP) is 3.79. The summed E-state index contributed by atoms with van der Waals surface area (Å²) in [6.45, 7) is 4.48. The van der Waals surface area contributed by atoms with Gasteiger partial charge in [0.05, 0.1) is 27.2 Å². The largest absolute Gasteiger partial charge is 0.336 e. The zero-order chi connectivity index (χ0) is 24.7. The van der Waals surface area contributed by atoms with E-state index in [4.69, 9.17) is 4.52 Å². The van der Waals surface area contributed by atoms with Crippen molar-refractivity contribution in [2.45, 2.75) is 18.7 Å². The first kappa shape index (κ1) is 23.1. The van der Waals surface area contributed by atoms with Crippen molar-refractivity contribution in [1.29, 1.82) is 0 Å². The van der Waals surface area contributed by atoms with E-state index in [-0.39, 0.29) is 48.5 Å². The highest BCUT2D eigenvalue weighted by Gasteiger charge is 2.32. The summed E-state index contributed by atoms with van der Waals surface area (Å²) in [6.07, 6.45) is 0. The van der Waals surface area contributed by atoms with Crippen molar-refractivity contribution in [1.82, 2.24) is 19.3 Å². The van der Waals surface area contributed by atoms with E-state index in [1.165, 1.54) is 16.4 Å². The van der Waals surface area contributed by atoms with Gasteiger partial charge in [0.25, 0.3) is 11.6 Å². The maximum atomic E-state index is 13.6. The van der Waals surface area contributed by atoms with Gasteiger partial charge in [-0.3, -0.25) is 4.79 Å². The molecule has 1 aliphatic rings. The molecular weight excluding hydrogens is 471 g/mol. The van der Waals surface area contributed by atoms with Crippen molar-refractivity contribution in [2.24, 2.45) is 0 Å². The molecule has 8 nitrogen and oxygen atoms in total. The number of aryl methyl sites for hydroxylation is 2. The van der Waals surface area contributed by atoms with Crippen LogP contribution < -0.4 is 0 Å². The number of piperazine rings is 1. The number of fused-ring (bicyclic) bond motifs is 1. The molecular formula is C25H23FN4O4S. The van der Waals surface area contributed by atoms with E-state index in [1.807, 2.05) is 6.92 Å². The Hall–Kier alpha value is -3.63. The molecule has 4 aromatic rings. The molecule has 3 heterocycles. The van der Waals surface area contributed by atoms with Crippen LogP contribution in [-0.4, -0.2) is 59.8 Å². The van der Waals surface area contributed by atoms with Crippen molar-refractivity contribution in [3.05, 3.63) is 77.2 Å².